The number of nitrogen functional groups attached to an aromatic ring is 1. The van der Waals surface area contributed by atoms with Crippen molar-refractivity contribution in [2.45, 2.75) is 38.8 Å². The van der Waals surface area contributed by atoms with E-state index in [2.05, 4.69) is 24.1 Å². The third-order valence-electron chi connectivity index (χ3n) is 3.77. The number of hydrogen-bond donors (Lipinski definition) is 2. The van der Waals surface area contributed by atoms with Gasteiger partial charge < -0.3 is 16.0 Å². The summed E-state index contributed by atoms with van der Waals surface area (Å²) in [5.41, 5.74) is 6.98. The third-order valence-corrected chi connectivity index (χ3v) is 3.77. The summed E-state index contributed by atoms with van der Waals surface area (Å²) in [5.74, 6) is 0.00277. The van der Waals surface area contributed by atoms with Crippen LogP contribution < -0.4 is 11.1 Å². The molecule has 0 spiro atoms. The topological polar surface area (TPSA) is 58.4 Å². The van der Waals surface area contributed by atoms with Gasteiger partial charge in [0.15, 0.2) is 0 Å². The maximum atomic E-state index is 12.1. The van der Waals surface area contributed by atoms with Crippen LogP contribution in [0.15, 0.2) is 24.3 Å². The monoisotopic (exact) mass is 261 g/mol. The van der Waals surface area contributed by atoms with Crippen LogP contribution in [0.1, 0.15) is 37.0 Å². The van der Waals surface area contributed by atoms with Crippen LogP contribution in [0.5, 0.6) is 0 Å². The molecular weight excluding hydrogens is 238 g/mol. The molecule has 3 N–H and O–H groups in total. The average molecular weight is 261 g/mol. The maximum Gasteiger partial charge on any atom is 0.251 e. The first-order valence-corrected chi connectivity index (χ1v) is 6.96. The molecule has 1 aliphatic heterocycles. The van der Waals surface area contributed by atoms with Gasteiger partial charge in [-0.05, 0) is 51.0 Å². The van der Waals surface area contributed by atoms with Gasteiger partial charge in [-0.25, -0.2) is 0 Å². The first-order valence-electron chi connectivity index (χ1n) is 6.96. The number of nitrogens with zero attached hydrogens (tertiary/aromatic N) is 1. The zero-order chi connectivity index (χ0) is 13.8. The van der Waals surface area contributed by atoms with Crippen LogP contribution in [-0.2, 0) is 0 Å². The molecule has 1 aromatic carbocycles. The second-order valence-electron chi connectivity index (χ2n) is 5.50. The number of benzene rings is 1. The number of amides is 1. The molecule has 1 saturated heterocycles. The van der Waals surface area contributed by atoms with Crippen LogP contribution in [-0.4, -0.2) is 36.0 Å². The zero-order valence-electron chi connectivity index (χ0n) is 11.7. The maximum absolute atomic E-state index is 12.1. The van der Waals surface area contributed by atoms with E-state index in [0.717, 1.165) is 25.9 Å². The van der Waals surface area contributed by atoms with Gasteiger partial charge in [-0.2, -0.15) is 0 Å². The summed E-state index contributed by atoms with van der Waals surface area (Å²) >= 11 is 0. The van der Waals surface area contributed by atoms with Crippen molar-refractivity contribution in [2.24, 2.45) is 0 Å². The lowest BCUT2D eigenvalue weighted by Gasteiger charge is -2.34. The Hall–Kier alpha value is -1.55. The Kier molecular flexibility index (Phi) is 4.43. The molecule has 0 radical (unpaired) electrons. The summed E-state index contributed by atoms with van der Waals surface area (Å²) in [6.45, 7) is 6.55. The van der Waals surface area contributed by atoms with Gasteiger partial charge in [-0.1, -0.05) is 0 Å². The lowest BCUT2D eigenvalue weighted by molar-refractivity contribution is 0.0900. The minimum atomic E-state index is 0.00277. The van der Waals surface area contributed by atoms with E-state index in [9.17, 15) is 4.79 Å². The van der Waals surface area contributed by atoms with Crippen molar-refractivity contribution in [3.05, 3.63) is 29.8 Å². The molecule has 1 aromatic rings. The van der Waals surface area contributed by atoms with Crippen molar-refractivity contribution in [3.63, 3.8) is 0 Å². The average Bonchev–Trinajstić information content (AvgIpc) is 2.40. The van der Waals surface area contributed by atoms with Crippen LogP contribution in [0.25, 0.3) is 0 Å². The number of carbonyl (C=O) groups excluding carboxylic acids is 1. The van der Waals surface area contributed by atoms with Crippen molar-refractivity contribution < 1.29 is 4.79 Å². The quantitative estimate of drug-likeness (QED) is 0.817. The van der Waals surface area contributed by atoms with Crippen LogP contribution in [0, 0.1) is 0 Å². The fourth-order valence-corrected chi connectivity index (χ4v) is 2.46. The molecule has 19 heavy (non-hydrogen) atoms. The van der Waals surface area contributed by atoms with E-state index in [0.29, 0.717) is 23.3 Å². The van der Waals surface area contributed by atoms with E-state index in [1.165, 1.54) is 0 Å². The van der Waals surface area contributed by atoms with E-state index >= 15 is 0 Å². The van der Waals surface area contributed by atoms with Crippen molar-refractivity contribution in [3.8, 4) is 0 Å². The van der Waals surface area contributed by atoms with Gasteiger partial charge in [-0.15, -0.1) is 0 Å². The van der Waals surface area contributed by atoms with Crippen LogP contribution in [0.4, 0.5) is 5.69 Å². The van der Waals surface area contributed by atoms with E-state index < -0.39 is 0 Å². The molecule has 2 rings (SSSR count). The summed E-state index contributed by atoms with van der Waals surface area (Å²) < 4.78 is 0. The number of nitrogens with one attached hydrogen (secondary N) is 1. The van der Waals surface area contributed by atoms with Crippen molar-refractivity contribution in [2.75, 3.05) is 18.8 Å². The minimum Gasteiger partial charge on any atom is -0.399 e. The van der Waals surface area contributed by atoms with Gasteiger partial charge >= 0.3 is 0 Å². The molecule has 4 nitrogen and oxygen atoms in total. The summed E-state index contributed by atoms with van der Waals surface area (Å²) in [7, 11) is 0. The summed E-state index contributed by atoms with van der Waals surface area (Å²) in [5, 5.41) is 3.11. The van der Waals surface area contributed by atoms with E-state index in [-0.39, 0.29) is 5.91 Å². The van der Waals surface area contributed by atoms with Gasteiger partial charge in [-0.3, -0.25) is 4.79 Å². The highest BCUT2D eigenvalue weighted by molar-refractivity contribution is 5.94. The van der Waals surface area contributed by atoms with Crippen molar-refractivity contribution in [1.29, 1.82) is 0 Å². The van der Waals surface area contributed by atoms with Crippen LogP contribution >= 0.6 is 0 Å². The molecule has 0 aromatic heterocycles. The first kappa shape index (κ1) is 13.9. The Balaban J connectivity index is 1.85. The lowest BCUT2D eigenvalue weighted by Crippen LogP contribution is -2.46. The second-order valence-corrected chi connectivity index (χ2v) is 5.50. The Morgan fingerprint density at radius 1 is 1.26 bits per heavy atom. The predicted octanol–water partition coefficient (Wildman–Crippen LogP) is 1.87. The number of likely N-dealkylation sites (tertiary alicyclic amines) is 1. The Bertz CT molecular complexity index is 420. The van der Waals surface area contributed by atoms with Crippen LogP contribution in [0.3, 0.4) is 0 Å². The highest BCUT2D eigenvalue weighted by Crippen LogP contribution is 2.14. The predicted molar refractivity (Wildman–Crippen MR) is 78.1 cm³/mol. The second kappa shape index (κ2) is 6.06. The van der Waals surface area contributed by atoms with Gasteiger partial charge in [0.25, 0.3) is 5.91 Å². The van der Waals surface area contributed by atoms with E-state index in [1.54, 1.807) is 24.3 Å². The fraction of sp³-hybridized carbons (Fsp3) is 0.533. The molecule has 4 heteroatoms. The highest BCUT2D eigenvalue weighted by Gasteiger charge is 2.22. The standard InChI is InChI=1S/C15H23N3O/c1-11(2)18-9-7-14(8-10-18)17-15(19)12-3-5-13(16)6-4-12/h3-6,11,14H,7-10,16H2,1-2H3,(H,17,19). The molecule has 1 fully saturated rings. The molecular formula is C15H23N3O. The van der Waals surface area contributed by atoms with E-state index in [1.807, 2.05) is 0 Å². The Morgan fingerprint density at radius 2 is 1.84 bits per heavy atom. The molecule has 0 saturated carbocycles. The Labute approximate surface area is 115 Å². The smallest absolute Gasteiger partial charge is 0.251 e. The molecule has 1 amide bonds. The molecule has 1 heterocycles. The number of hydrogen-bond acceptors (Lipinski definition) is 3. The lowest BCUT2D eigenvalue weighted by atomic mass is 10.0. The van der Waals surface area contributed by atoms with Gasteiger partial charge in [0, 0.05) is 36.4 Å². The minimum absolute atomic E-state index is 0.00277. The zero-order valence-corrected chi connectivity index (χ0v) is 11.7. The molecule has 0 unspecified atom stereocenters. The number of anilines is 1. The Morgan fingerprint density at radius 3 is 2.37 bits per heavy atom. The molecule has 1 aliphatic rings. The van der Waals surface area contributed by atoms with Gasteiger partial charge in [0.2, 0.25) is 0 Å². The largest absolute Gasteiger partial charge is 0.399 e. The summed E-state index contributed by atoms with van der Waals surface area (Å²) in [6.07, 6.45) is 2.05. The number of carbonyl (C=O) groups is 1. The van der Waals surface area contributed by atoms with Crippen molar-refractivity contribution in [1.82, 2.24) is 10.2 Å². The third kappa shape index (κ3) is 3.70. The molecule has 104 valence electrons. The van der Waals surface area contributed by atoms with Crippen LogP contribution in [0.2, 0.25) is 0 Å². The fourth-order valence-electron chi connectivity index (χ4n) is 2.46. The van der Waals surface area contributed by atoms with Gasteiger partial charge in [0.05, 0.1) is 0 Å². The first-order chi connectivity index (χ1) is 9.06. The number of piperidine rings is 1. The normalized spacial score (nSPS) is 17.6. The summed E-state index contributed by atoms with van der Waals surface area (Å²) in [4.78, 5) is 14.5. The van der Waals surface area contributed by atoms with Gasteiger partial charge in [0.1, 0.15) is 0 Å². The molecule has 0 bridgehead atoms. The summed E-state index contributed by atoms with van der Waals surface area (Å²) in [6, 6.07) is 7.95. The molecule has 0 aliphatic carbocycles. The highest BCUT2D eigenvalue weighted by atomic mass is 16.1. The van der Waals surface area contributed by atoms with Crippen molar-refractivity contribution >= 4 is 11.6 Å². The van der Waals surface area contributed by atoms with E-state index in [4.69, 9.17) is 5.73 Å². The molecule has 0 atom stereocenters. The SMILES string of the molecule is CC(C)N1CCC(NC(=O)c2ccc(N)cc2)CC1. The number of nitrogens with two attached hydrogens (primary N) is 1. The number of rotatable bonds is 3.